The quantitative estimate of drug-likeness (QED) is 0.0684. The Kier molecular flexibility index (Phi) is 11.5. The Morgan fingerprint density at radius 1 is 0.667 bits per heavy atom. The third kappa shape index (κ3) is 10.0. The summed E-state index contributed by atoms with van der Waals surface area (Å²) in [5.41, 5.74) is 3.93. The second-order valence-corrected chi connectivity index (χ2v) is 11.7. The number of thioether (sulfide) groups is 1. The van der Waals surface area contributed by atoms with Crippen molar-refractivity contribution in [2.45, 2.75) is 18.4 Å². The van der Waals surface area contributed by atoms with Crippen LogP contribution in [-0.2, 0) is 16.2 Å². The van der Waals surface area contributed by atoms with E-state index in [2.05, 4.69) is 16.0 Å². The van der Waals surface area contributed by atoms with Crippen molar-refractivity contribution in [2.75, 3.05) is 16.4 Å². The summed E-state index contributed by atoms with van der Waals surface area (Å²) in [5.74, 6) is -0.294. The van der Waals surface area contributed by atoms with Gasteiger partial charge in [-0.25, -0.2) is 0 Å². The van der Waals surface area contributed by atoms with Crippen LogP contribution in [0.2, 0.25) is 0 Å². The Morgan fingerprint density at radius 3 is 1.92 bits per heavy atom. The highest BCUT2D eigenvalue weighted by Gasteiger charge is 2.15. The number of ketones is 1. The van der Waals surface area contributed by atoms with Gasteiger partial charge in [-0.3, -0.25) is 19.2 Å². The minimum atomic E-state index is -0.501. The standard InChI is InChI=1S/C39H33N3O5S/c1-27(43)30-14-16-32(17-15-30)40-37(44)26-48-35-22-18-33(19-23-35)41-39(46)36(42-38(45)31-10-6-3-7-11-31)24-28-12-20-34(21-13-28)47-25-29-8-4-2-5-9-29/h2-24H,25-26H2,1H3,(H,40,44)(H,41,46)(H,42,45)/b36-24-. The molecule has 240 valence electrons. The molecule has 0 unspecified atom stereocenters. The van der Waals surface area contributed by atoms with Crippen LogP contribution in [-0.4, -0.2) is 29.3 Å². The number of rotatable bonds is 13. The predicted molar refractivity (Wildman–Crippen MR) is 190 cm³/mol. The second-order valence-electron chi connectivity index (χ2n) is 10.7. The van der Waals surface area contributed by atoms with Crippen LogP contribution in [0.4, 0.5) is 11.4 Å². The van der Waals surface area contributed by atoms with Gasteiger partial charge in [0.25, 0.3) is 11.8 Å². The molecule has 0 aromatic heterocycles. The molecule has 8 nitrogen and oxygen atoms in total. The number of carbonyl (C=O) groups is 4. The minimum absolute atomic E-state index is 0.0391. The second kappa shape index (κ2) is 16.6. The summed E-state index contributed by atoms with van der Waals surface area (Å²) < 4.78 is 5.87. The molecule has 0 spiro atoms. The summed E-state index contributed by atoms with van der Waals surface area (Å²) in [5, 5.41) is 8.41. The maximum atomic E-state index is 13.4. The van der Waals surface area contributed by atoms with Crippen LogP contribution >= 0.6 is 11.8 Å². The van der Waals surface area contributed by atoms with Gasteiger partial charge in [-0.1, -0.05) is 60.7 Å². The zero-order chi connectivity index (χ0) is 33.7. The summed E-state index contributed by atoms with van der Waals surface area (Å²) in [6, 6.07) is 39.5. The first kappa shape index (κ1) is 33.4. The van der Waals surface area contributed by atoms with E-state index in [1.165, 1.54) is 18.7 Å². The Hall–Kier alpha value is -5.93. The van der Waals surface area contributed by atoms with Gasteiger partial charge in [0.2, 0.25) is 5.91 Å². The van der Waals surface area contributed by atoms with Gasteiger partial charge in [-0.05, 0) is 96.9 Å². The van der Waals surface area contributed by atoms with Crippen LogP contribution in [0.5, 0.6) is 5.75 Å². The van der Waals surface area contributed by atoms with Crippen molar-refractivity contribution in [3.05, 3.63) is 161 Å². The first-order valence-electron chi connectivity index (χ1n) is 15.1. The molecule has 0 fully saturated rings. The van der Waals surface area contributed by atoms with Crippen LogP contribution in [0, 0.1) is 0 Å². The van der Waals surface area contributed by atoms with Gasteiger partial charge >= 0.3 is 0 Å². The highest BCUT2D eigenvalue weighted by molar-refractivity contribution is 8.00. The van der Waals surface area contributed by atoms with Gasteiger partial charge in [0, 0.05) is 27.4 Å². The highest BCUT2D eigenvalue weighted by atomic mass is 32.2. The third-order valence-corrected chi connectivity index (χ3v) is 8.04. The number of carbonyl (C=O) groups excluding carboxylic acids is 4. The summed E-state index contributed by atoms with van der Waals surface area (Å²) in [7, 11) is 0. The number of benzene rings is 5. The molecular weight excluding hydrogens is 623 g/mol. The molecule has 9 heteroatoms. The first-order chi connectivity index (χ1) is 23.3. The molecule has 0 heterocycles. The van der Waals surface area contributed by atoms with Crippen molar-refractivity contribution >= 4 is 52.7 Å². The molecule has 48 heavy (non-hydrogen) atoms. The number of amides is 3. The molecular formula is C39H33N3O5S. The van der Waals surface area contributed by atoms with Gasteiger partial charge in [0.15, 0.2) is 5.78 Å². The van der Waals surface area contributed by atoms with Crippen molar-refractivity contribution < 1.29 is 23.9 Å². The molecule has 0 aliphatic carbocycles. The van der Waals surface area contributed by atoms with Crippen molar-refractivity contribution in [1.82, 2.24) is 5.32 Å². The Labute approximate surface area is 283 Å². The van der Waals surface area contributed by atoms with Gasteiger partial charge in [0.1, 0.15) is 18.1 Å². The summed E-state index contributed by atoms with van der Waals surface area (Å²) in [6.45, 7) is 1.92. The molecule has 0 aliphatic rings. The summed E-state index contributed by atoms with van der Waals surface area (Å²) >= 11 is 1.34. The van der Waals surface area contributed by atoms with E-state index >= 15 is 0 Å². The molecule has 0 atom stereocenters. The molecule has 5 aromatic carbocycles. The average Bonchev–Trinajstić information content (AvgIpc) is 3.11. The first-order valence-corrected chi connectivity index (χ1v) is 16.1. The molecule has 5 aromatic rings. The number of anilines is 2. The number of nitrogens with one attached hydrogen (secondary N) is 3. The molecule has 0 aliphatic heterocycles. The molecule has 0 saturated heterocycles. The van der Waals surface area contributed by atoms with E-state index in [9.17, 15) is 19.2 Å². The molecule has 0 radical (unpaired) electrons. The minimum Gasteiger partial charge on any atom is -0.489 e. The van der Waals surface area contributed by atoms with E-state index in [1.807, 2.05) is 60.7 Å². The van der Waals surface area contributed by atoms with Gasteiger partial charge in [0.05, 0.1) is 5.75 Å². The zero-order valence-corrected chi connectivity index (χ0v) is 27.0. The molecule has 3 N–H and O–H groups in total. The van der Waals surface area contributed by atoms with E-state index in [0.717, 1.165) is 10.5 Å². The van der Waals surface area contributed by atoms with Crippen LogP contribution < -0.4 is 20.7 Å². The van der Waals surface area contributed by atoms with Crippen molar-refractivity contribution in [1.29, 1.82) is 0 Å². The smallest absolute Gasteiger partial charge is 0.272 e. The predicted octanol–water partition coefficient (Wildman–Crippen LogP) is 7.61. The monoisotopic (exact) mass is 655 g/mol. The maximum absolute atomic E-state index is 13.4. The fraction of sp³-hybridized carbons (Fsp3) is 0.0769. The van der Waals surface area contributed by atoms with Crippen LogP contribution in [0.1, 0.15) is 38.8 Å². The van der Waals surface area contributed by atoms with Gasteiger partial charge in [-0.15, -0.1) is 11.8 Å². The number of hydrogen-bond donors (Lipinski definition) is 3. The number of ether oxygens (including phenoxy) is 1. The van der Waals surface area contributed by atoms with Crippen molar-refractivity contribution in [3.63, 3.8) is 0 Å². The lowest BCUT2D eigenvalue weighted by Crippen LogP contribution is -2.30. The highest BCUT2D eigenvalue weighted by Crippen LogP contribution is 2.22. The van der Waals surface area contributed by atoms with E-state index in [0.29, 0.717) is 40.4 Å². The SMILES string of the molecule is CC(=O)c1ccc(NC(=O)CSc2ccc(NC(=O)/C(=C/c3ccc(OCc4ccccc4)cc3)NC(=O)c3ccccc3)cc2)cc1. The van der Waals surface area contributed by atoms with Crippen molar-refractivity contribution in [2.24, 2.45) is 0 Å². The fourth-order valence-corrected chi connectivity index (χ4v) is 5.18. The molecule has 0 saturated carbocycles. The largest absolute Gasteiger partial charge is 0.489 e. The maximum Gasteiger partial charge on any atom is 0.272 e. The van der Waals surface area contributed by atoms with Gasteiger partial charge in [-0.2, -0.15) is 0 Å². The lowest BCUT2D eigenvalue weighted by atomic mass is 10.1. The van der Waals surface area contributed by atoms with E-state index < -0.39 is 11.8 Å². The van der Waals surface area contributed by atoms with E-state index in [1.54, 1.807) is 78.9 Å². The molecule has 0 bridgehead atoms. The lowest BCUT2D eigenvalue weighted by Gasteiger charge is -2.12. The Bertz CT molecular complexity index is 1890. The van der Waals surface area contributed by atoms with Crippen LogP contribution in [0.15, 0.2) is 144 Å². The Balaban J connectivity index is 1.21. The third-order valence-electron chi connectivity index (χ3n) is 7.03. The zero-order valence-electron chi connectivity index (χ0n) is 26.1. The summed E-state index contributed by atoms with van der Waals surface area (Å²) in [6.07, 6.45) is 1.60. The molecule has 5 rings (SSSR count). The van der Waals surface area contributed by atoms with Crippen LogP contribution in [0.25, 0.3) is 6.08 Å². The fourth-order valence-electron chi connectivity index (χ4n) is 4.48. The number of Topliss-reactive ketones (excluding diaryl/α,β-unsaturated/α-hetero) is 1. The van der Waals surface area contributed by atoms with E-state index in [4.69, 9.17) is 4.74 Å². The number of hydrogen-bond acceptors (Lipinski definition) is 6. The van der Waals surface area contributed by atoms with Crippen molar-refractivity contribution in [3.8, 4) is 5.75 Å². The average molecular weight is 656 g/mol. The van der Waals surface area contributed by atoms with Crippen LogP contribution in [0.3, 0.4) is 0 Å². The van der Waals surface area contributed by atoms with Gasteiger partial charge < -0.3 is 20.7 Å². The lowest BCUT2D eigenvalue weighted by molar-refractivity contribution is -0.114. The summed E-state index contributed by atoms with van der Waals surface area (Å²) in [4.78, 5) is 51.2. The normalized spacial score (nSPS) is 10.9. The van der Waals surface area contributed by atoms with E-state index in [-0.39, 0.29) is 23.1 Å². The Morgan fingerprint density at radius 2 is 1.27 bits per heavy atom. The molecule has 3 amide bonds. The topological polar surface area (TPSA) is 114 Å².